The molecular weight excluding hydrogens is 324 g/mol. The van der Waals surface area contributed by atoms with Gasteiger partial charge in [-0.2, -0.15) is 5.10 Å². The molecule has 5 nitrogen and oxygen atoms in total. The lowest BCUT2D eigenvalue weighted by Gasteiger charge is -2.09. The van der Waals surface area contributed by atoms with Crippen LogP contribution < -0.4 is 5.43 Å². The van der Waals surface area contributed by atoms with Crippen LogP contribution in [-0.4, -0.2) is 21.2 Å². The van der Waals surface area contributed by atoms with Gasteiger partial charge < -0.3 is 4.57 Å². The van der Waals surface area contributed by atoms with Crippen molar-refractivity contribution in [2.45, 2.75) is 39.2 Å². The molecule has 0 atom stereocenters. The van der Waals surface area contributed by atoms with Crippen LogP contribution in [0.2, 0.25) is 0 Å². The number of hydrogen-bond acceptors (Lipinski definition) is 3. The predicted octanol–water partition coefficient (Wildman–Crippen LogP) is 3.59. The Morgan fingerprint density at radius 3 is 2.81 bits per heavy atom. The van der Waals surface area contributed by atoms with E-state index in [2.05, 4.69) is 33.7 Å². The average Bonchev–Trinajstić information content (AvgIpc) is 2.84. The summed E-state index contributed by atoms with van der Waals surface area (Å²) in [5.41, 5.74) is 8.07. The Morgan fingerprint density at radius 2 is 1.88 bits per heavy atom. The second-order valence-corrected chi connectivity index (χ2v) is 6.69. The van der Waals surface area contributed by atoms with Crippen molar-refractivity contribution in [3.05, 3.63) is 65.5 Å². The molecule has 0 fully saturated rings. The number of benzene rings is 2. The van der Waals surface area contributed by atoms with E-state index in [0.717, 1.165) is 53.8 Å². The topological polar surface area (TPSA) is 59.3 Å². The zero-order chi connectivity index (χ0) is 17.9. The lowest BCUT2D eigenvalue weighted by Crippen LogP contribution is -2.25. The van der Waals surface area contributed by atoms with E-state index < -0.39 is 0 Å². The third kappa shape index (κ3) is 3.25. The second kappa shape index (κ2) is 7.12. The Kier molecular flexibility index (Phi) is 4.52. The molecule has 0 radical (unpaired) electrons. The normalized spacial score (nSPS) is 15.7. The van der Waals surface area contributed by atoms with Gasteiger partial charge in [-0.05, 0) is 50.3 Å². The zero-order valence-corrected chi connectivity index (χ0v) is 14.9. The molecule has 0 aliphatic heterocycles. The zero-order valence-electron chi connectivity index (χ0n) is 14.9. The van der Waals surface area contributed by atoms with Crippen LogP contribution in [0.5, 0.6) is 0 Å². The minimum Gasteiger partial charge on any atom is -0.319 e. The first kappa shape index (κ1) is 16.5. The molecule has 4 rings (SSSR count). The first-order valence-electron chi connectivity index (χ1n) is 9.08. The van der Waals surface area contributed by atoms with Gasteiger partial charge in [-0.1, -0.05) is 36.4 Å². The number of carbonyl (C=O) groups excluding carboxylic acids is 1. The van der Waals surface area contributed by atoms with E-state index >= 15 is 0 Å². The highest BCUT2D eigenvalue weighted by atomic mass is 16.2. The molecule has 1 N–H and O–H groups in total. The molecule has 0 saturated heterocycles. The van der Waals surface area contributed by atoms with Crippen molar-refractivity contribution >= 4 is 22.7 Å². The number of nitrogens with one attached hydrogen (secondary N) is 1. The minimum absolute atomic E-state index is 0.134. The Hall–Kier alpha value is -2.95. The van der Waals surface area contributed by atoms with Gasteiger partial charge in [0.25, 0.3) is 5.91 Å². The summed E-state index contributed by atoms with van der Waals surface area (Å²) >= 11 is 0. The Morgan fingerprint density at radius 1 is 1.12 bits per heavy atom. The van der Waals surface area contributed by atoms with Crippen LogP contribution in [0.15, 0.2) is 53.6 Å². The van der Waals surface area contributed by atoms with E-state index in [-0.39, 0.29) is 12.5 Å². The van der Waals surface area contributed by atoms with E-state index in [9.17, 15) is 4.79 Å². The van der Waals surface area contributed by atoms with Crippen LogP contribution in [-0.2, 0) is 17.8 Å². The molecule has 1 heterocycles. The number of imidazole rings is 1. The number of nitrogens with zero attached hydrogens (tertiary/aromatic N) is 3. The van der Waals surface area contributed by atoms with Gasteiger partial charge in [0.1, 0.15) is 12.4 Å². The fourth-order valence-corrected chi connectivity index (χ4v) is 3.58. The quantitative estimate of drug-likeness (QED) is 0.582. The van der Waals surface area contributed by atoms with Crippen molar-refractivity contribution in [2.75, 3.05) is 0 Å². The number of amides is 1. The van der Waals surface area contributed by atoms with E-state index in [1.165, 1.54) is 5.56 Å². The maximum atomic E-state index is 12.5. The van der Waals surface area contributed by atoms with Gasteiger partial charge >= 0.3 is 0 Å². The van der Waals surface area contributed by atoms with Crippen molar-refractivity contribution in [2.24, 2.45) is 5.10 Å². The number of hydrazone groups is 1. The van der Waals surface area contributed by atoms with Gasteiger partial charge in [0.05, 0.1) is 16.7 Å². The van der Waals surface area contributed by atoms with Crippen molar-refractivity contribution in [1.29, 1.82) is 0 Å². The second-order valence-electron chi connectivity index (χ2n) is 6.69. The van der Waals surface area contributed by atoms with Gasteiger partial charge in [0.2, 0.25) is 0 Å². The molecule has 3 aromatic rings. The van der Waals surface area contributed by atoms with Crippen molar-refractivity contribution in [3.63, 3.8) is 0 Å². The monoisotopic (exact) mass is 346 g/mol. The smallest absolute Gasteiger partial charge is 0.260 e. The number of aromatic nitrogens is 2. The first-order chi connectivity index (χ1) is 12.7. The fourth-order valence-electron chi connectivity index (χ4n) is 3.58. The molecule has 1 aliphatic carbocycles. The highest BCUT2D eigenvalue weighted by molar-refractivity contribution is 6.02. The highest BCUT2D eigenvalue weighted by Gasteiger charge is 2.14. The molecule has 2 aromatic carbocycles. The molecule has 26 heavy (non-hydrogen) atoms. The van der Waals surface area contributed by atoms with Crippen LogP contribution in [0.3, 0.4) is 0 Å². The number of aryl methyl sites for hydroxylation is 2. The third-order valence-corrected chi connectivity index (χ3v) is 4.90. The summed E-state index contributed by atoms with van der Waals surface area (Å²) in [6.45, 7) is 2.13. The molecule has 0 bridgehead atoms. The van der Waals surface area contributed by atoms with Crippen LogP contribution >= 0.6 is 0 Å². The van der Waals surface area contributed by atoms with Gasteiger partial charge in [-0.3, -0.25) is 4.79 Å². The highest BCUT2D eigenvalue weighted by Crippen LogP contribution is 2.21. The molecule has 0 saturated carbocycles. The van der Waals surface area contributed by atoms with Crippen molar-refractivity contribution < 1.29 is 4.79 Å². The molecule has 0 spiro atoms. The maximum Gasteiger partial charge on any atom is 0.260 e. The Labute approximate surface area is 152 Å². The minimum atomic E-state index is -0.134. The van der Waals surface area contributed by atoms with Crippen molar-refractivity contribution in [1.82, 2.24) is 15.0 Å². The van der Waals surface area contributed by atoms with Crippen LogP contribution in [0.4, 0.5) is 0 Å². The first-order valence-corrected chi connectivity index (χ1v) is 9.08. The Bertz CT molecular complexity index is 987. The number of rotatable bonds is 3. The molecule has 0 unspecified atom stereocenters. The predicted molar refractivity (Wildman–Crippen MR) is 103 cm³/mol. The average molecular weight is 346 g/mol. The van der Waals surface area contributed by atoms with E-state index in [0.29, 0.717) is 0 Å². The van der Waals surface area contributed by atoms with Crippen LogP contribution in [0.1, 0.15) is 36.2 Å². The molecule has 132 valence electrons. The summed E-state index contributed by atoms with van der Waals surface area (Å²) in [6.07, 6.45) is 4.21. The lowest BCUT2D eigenvalue weighted by atomic mass is 10.0. The van der Waals surface area contributed by atoms with E-state index in [1.54, 1.807) is 0 Å². The van der Waals surface area contributed by atoms with Crippen LogP contribution in [0, 0.1) is 6.92 Å². The molecular formula is C21H22N4O. The van der Waals surface area contributed by atoms with Gasteiger partial charge in [-0.15, -0.1) is 0 Å². The molecule has 1 aliphatic rings. The molecule has 1 aromatic heterocycles. The van der Waals surface area contributed by atoms with Gasteiger partial charge in [0.15, 0.2) is 0 Å². The van der Waals surface area contributed by atoms with E-state index in [4.69, 9.17) is 0 Å². The third-order valence-electron chi connectivity index (χ3n) is 4.90. The molecule has 5 heteroatoms. The van der Waals surface area contributed by atoms with Gasteiger partial charge in [-0.25, -0.2) is 10.4 Å². The summed E-state index contributed by atoms with van der Waals surface area (Å²) < 4.78 is 1.92. The number of hydrogen-bond donors (Lipinski definition) is 1. The van der Waals surface area contributed by atoms with E-state index in [1.807, 2.05) is 41.8 Å². The summed E-state index contributed by atoms with van der Waals surface area (Å²) in [5, 5.41) is 4.46. The maximum absolute atomic E-state index is 12.5. The summed E-state index contributed by atoms with van der Waals surface area (Å²) in [5.74, 6) is 0.694. The van der Waals surface area contributed by atoms with Crippen molar-refractivity contribution in [3.8, 4) is 0 Å². The fraction of sp³-hybridized carbons (Fsp3) is 0.286. The summed E-state index contributed by atoms with van der Waals surface area (Å²) in [4.78, 5) is 17.0. The van der Waals surface area contributed by atoms with Crippen LogP contribution in [0.25, 0.3) is 11.0 Å². The largest absolute Gasteiger partial charge is 0.319 e. The number of para-hydroxylation sites is 2. The lowest BCUT2D eigenvalue weighted by molar-refractivity contribution is -0.121. The Balaban J connectivity index is 1.53. The standard InChI is InChI=1S/C21H22N4O/c1-15-22-19-12-6-7-13-20(19)25(15)14-21(26)24-23-18-11-5-3-9-16-8-2-4-10-17(16)18/h2,4,6-8,10,12-13H,3,5,9,11,14H2,1H3,(H,24,26)/b23-18+. The summed E-state index contributed by atoms with van der Waals surface area (Å²) in [6, 6.07) is 16.2. The number of fused-ring (bicyclic) bond motifs is 2. The SMILES string of the molecule is Cc1nc2ccccc2n1CC(=O)N/N=C1\CCCCc2ccccc21. The number of carbonyl (C=O) groups is 1. The summed E-state index contributed by atoms with van der Waals surface area (Å²) in [7, 11) is 0. The molecule has 1 amide bonds. The van der Waals surface area contributed by atoms with Gasteiger partial charge in [0, 0.05) is 5.56 Å².